The second-order valence-electron chi connectivity index (χ2n) is 54.2. The van der Waals surface area contributed by atoms with Gasteiger partial charge in [0.2, 0.25) is 43.7 Å². The summed E-state index contributed by atoms with van der Waals surface area (Å²) in [5, 5.41) is 0. The monoisotopic (exact) mass is 1910 g/mol. The average Bonchev–Trinajstić information content (AvgIpc) is 1.63. The molecule has 1 saturated carbocycles. The number of rotatable bonds is 12. The van der Waals surface area contributed by atoms with Gasteiger partial charge in [-0.2, -0.15) is 11.8 Å². The zero-order valence-electron chi connectivity index (χ0n) is 92.2. The SMILES string of the molecule is CC(=O)N1CCC(CC(C)(C)C)C1.CC(=O)N1CCC(CC(C)(C)C)CC1.CC(=O)N1CCC(CC(C)(C)C)CC1.CC(=O)N1CCC(CC(C)(C)C)CC1.CC(C)(C)CC1CCCCC1.CC(C)(C)CC1CCN(S(C)(=O)=O)C1.CC(C)(C)CC1CCN(S(C)(=O)=O)CC1.CC(C)(C)CC1CCOCC1.CC(C)(C)CC1CCS(=O)(=O)CC1.CC(C)(C)CC1CCSCC1. The minimum Gasteiger partial charge on any atom is -0.381 e. The van der Waals surface area contributed by atoms with Gasteiger partial charge in [0.05, 0.1) is 24.0 Å². The summed E-state index contributed by atoms with van der Waals surface area (Å²) in [5.74, 6) is 12.6. The molecule has 2 unspecified atom stereocenters. The number of nitrogens with zero attached hydrogens (tertiary/aromatic N) is 6. The standard InChI is InChI=1S/3C12H23NO.C11H23NO2S.C11H21NO.C11H22.C10H21NO2S.C10H20O2S.C10H20O.C10H20S/c3*1-10(14)13-7-5-11(6-8-13)9-12(2,3)4;1-11(2,3)9-10-5-7-12(8-6-10)15(4,13)14;1-9(13)12-6-5-10(8-12)7-11(2,3)4;1-11(2,3)9-10-7-5-4-6-8-10;1-10(2,3)7-9-5-6-11(8-9)14(4,12)13;1-10(2,3)8-9-4-6-13(11,12)7-5-9;2*1-10(2,3)8-9-4-6-11-7-5-9/h3*11H,5-9H2,1-4H3;10H,5-9H2,1-4H3;10H,5-8H2,1-4H3;10H,4-9H2,1-3H3;9H,5-8H2,1-4H3;9H,4-8H2,1-3H3;2*9H,4-8H2,1-3H3. The maximum atomic E-state index is 11.3. The number of carbonyl (C=O) groups excluding carboxylic acids is 4. The van der Waals surface area contributed by atoms with Gasteiger partial charge in [-0.05, 0) is 292 Å². The van der Waals surface area contributed by atoms with E-state index < -0.39 is 29.9 Å². The molecule has 0 bridgehead atoms. The highest BCUT2D eigenvalue weighted by Crippen LogP contribution is 2.40. The van der Waals surface area contributed by atoms with Crippen molar-refractivity contribution in [2.24, 2.45) is 113 Å². The third kappa shape index (κ3) is 68.1. The molecule has 9 aliphatic heterocycles. The van der Waals surface area contributed by atoms with E-state index in [4.69, 9.17) is 4.74 Å². The number of likely N-dealkylation sites (tertiary alicyclic amines) is 4. The lowest BCUT2D eigenvalue weighted by Crippen LogP contribution is -2.38. The van der Waals surface area contributed by atoms with E-state index in [9.17, 15) is 44.4 Å². The van der Waals surface area contributed by atoms with Crippen molar-refractivity contribution < 1.29 is 49.2 Å². The number of sulfone groups is 1. The molecule has 9 heterocycles. The topological polar surface area (TPSA) is 199 Å². The second kappa shape index (κ2) is 57.6. The Kier molecular flexibility index (Phi) is 55.8. The van der Waals surface area contributed by atoms with Crippen molar-refractivity contribution in [1.82, 2.24) is 28.2 Å². The van der Waals surface area contributed by atoms with Gasteiger partial charge >= 0.3 is 0 Å². The Morgan fingerprint density at radius 3 is 0.731 bits per heavy atom. The Hall–Kier alpha value is -2.04. The molecular weight excluding hydrogens is 1700 g/mol. The van der Waals surface area contributed by atoms with Crippen LogP contribution in [0.15, 0.2) is 0 Å². The molecule has 0 aromatic rings. The normalized spacial score (nSPS) is 22.1. The van der Waals surface area contributed by atoms with Crippen molar-refractivity contribution in [1.29, 1.82) is 0 Å². The molecular formula is C109H216N6O11S4. The second-order valence-corrected chi connectivity index (χ2v) is 61.7. The Labute approximate surface area is 812 Å². The summed E-state index contributed by atoms with van der Waals surface area (Å²) in [6.45, 7) is 87.8. The number of thioether (sulfide) groups is 1. The molecule has 10 fully saturated rings. The Morgan fingerprint density at radius 1 is 0.269 bits per heavy atom. The van der Waals surface area contributed by atoms with Gasteiger partial charge in [-0.1, -0.05) is 240 Å². The third-order valence-electron chi connectivity index (χ3n) is 26.8. The zero-order valence-corrected chi connectivity index (χ0v) is 95.5. The van der Waals surface area contributed by atoms with Gasteiger partial charge < -0.3 is 24.3 Å². The van der Waals surface area contributed by atoms with Crippen LogP contribution >= 0.6 is 11.8 Å². The summed E-state index contributed by atoms with van der Waals surface area (Å²) < 4.78 is 76.0. The minimum atomic E-state index is -2.96. The molecule has 772 valence electrons. The fraction of sp³-hybridized carbons (Fsp3) is 0.963. The molecule has 0 spiro atoms. The van der Waals surface area contributed by atoms with Crippen molar-refractivity contribution in [3.63, 3.8) is 0 Å². The van der Waals surface area contributed by atoms with Crippen molar-refractivity contribution in [3.8, 4) is 0 Å². The number of sulfonamides is 2. The lowest BCUT2D eigenvalue weighted by Gasteiger charge is -2.34. The van der Waals surface area contributed by atoms with Gasteiger partial charge in [-0.25, -0.2) is 33.9 Å². The predicted molar refractivity (Wildman–Crippen MR) is 561 cm³/mol. The molecule has 0 N–H and O–H groups in total. The molecule has 10 rings (SSSR count). The number of amides is 4. The quantitative estimate of drug-likeness (QED) is 0.179. The summed E-state index contributed by atoms with van der Waals surface area (Å²) in [4.78, 5) is 52.3. The van der Waals surface area contributed by atoms with E-state index >= 15 is 0 Å². The third-order valence-corrected chi connectivity index (χ3v) is 32.1. The van der Waals surface area contributed by atoms with Gasteiger partial charge in [0.1, 0.15) is 9.84 Å². The highest BCUT2D eigenvalue weighted by molar-refractivity contribution is 7.99. The molecule has 10 aliphatic rings. The fourth-order valence-corrected chi connectivity index (χ4v) is 26.0. The number of ether oxygens (including phenoxy) is 1. The molecule has 2 atom stereocenters. The maximum absolute atomic E-state index is 11.3. The van der Waals surface area contributed by atoms with E-state index in [1.807, 2.05) is 19.6 Å². The van der Waals surface area contributed by atoms with Crippen molar-refractivity contribution in [2.75, 3.05) is 127 Å². The van der Waals surface area contributed by atoms with Crippen LogP contribution in [0.2, 0.25) is 0 Å². The van der Waals surface area contributed by atoms with Crippen LogP contribution in [0.4, 0.5) is 0 Å². The zero-order chi connectivity index (χ0) is 100. The van der Waals surface area contributed by atoms with Crippen LogP contribution in [0.3, 0.4) is 0 Å². The lowest BCUT2D eigenvalue weighted by molar-refractivity contribution is -0.131. The summed E-state index contributed by atoms with van der Waals surface area (Å²) >= 11 is 2.12. The van der Waals surface area contributed by atoms with Gasteiger partial charge in [-0.15, -0.1) is 0 Å². The molecule has 1 aliphatic carbocycles. The van der Waals surface area contributed by atoms with E-state index in [1.54, 1.807) is 36.3 Å². The van der Waals surface area contributed by atoms with Crippen molar-refractivity contribution in [2.45, 2.75) is 434 Å². The molecule has 0 aromatic carbocycles. The Morgan fingerprint density at radius 2 is 0.477 bits per heavy atom. The maximum Gasteiger partial charge on any atom is 0.219 e. The van der Waals surface area contributed by atoms with Crippen LogP contribution in [0.1, 0.15) is 434 Å². The number of hydrogen-bond donors (Lipinski definition) is 0. The van der Waals surface area contributed by atoms with Gasteiger partial charge in [-0.3, -0.25) is 19.2 Å². The van der Waals surface area contributed by atoms with Crippen molar-refractivity contribution >= 4 is 65.3 Å². The smallest absolute Gasteiger partial charge is 0.219 e. The Balaban J connectivity index is 0.000000723. The van der Waals surface area contributed by atoms with E-state index in [1.165, 1.54) is 178 Å². The number of carbonyl (C=O) groups is 4. The fourth-order valence-electron chi connectivity index (χ4n) is 21.4. The highest BCUT2D eigenvalue weighted by atomic mass is 32.2. The molecule has 9 saturated heterocycles. The minimum absolute atomic E-state index is 0.233. The molecule has 21 heteroatoms. The number of hydrogen-bond acceptors (Lipinski definition) is 12. The predicted octanol–water partition coefficient (Wildman–Crippen LogP) is 26.8. The van der Waals surface area contributed by atoms with Gasteiger partial charge in [0, 0.05) is 119 Å². The summed E-state index contributed by atoms with van der Waals surface area (Å²) in [6, 6.07) is 0. The van der Waals surface area contributed by atoms with Crippen LogP contribution in [0.5, 0.6) is 0 Å². The summed E-state index contributed by atoms with van der Waals surface area (Å²) in [5.41, 5.74) is 4.31. The molecule has 17 nitrogen and oxygen atoms in total. The van der Waals surface area contributed by atoms with Crippen LogP contribution < -0.4 is 0 Å². The van der Waals surface area contributed by atoms with E-state index in [2.05, 4.69) is 219 Å². The van der Waals surface area contributed by atoms with E-state index in [-0.39, 0.29) is 23.6 Å². The van der Waals surface area contributed by atoms with Crippen LogP contribution in [-0.2, 0) is 53.8 Å². The molecule has 0 radical (unpaired) electrons. The van der Waals surface area contributed by atoms with E-state index in [0.717, 1.165) is 158 Å². The molecule has 0 aromatic heterocycles. The molecule has 130 heavy (non-hydrogen) atoms. The first-order valence-corrected chi connectivity index (χ1v) is 58.9. The average molecular weight is 1920 g/mol. The summed E-state index contributed by atoms with van der Waals surface area (Å²) in [7, 11) is -8.59. The summed E-state index contributed by atoms with van der Waals surface area (Å²) in [6.07, 6.45) is 41.5. The first kappa shape index (κ1) is 126. The first-order valence-electron chi connectivity index (χ1n) is 52.2. The molecule has 4 amide bonds. The largest absolute Gasteiger partial charge is 0.381 e. The Bertz CT molecular complexity index is 3250. The lowest BCUT2D eigenvalue weighted by atomic mass is 9.78. The van der Waals surface area contributed by atoms with Gasteiger partial charge in [0.15, 0.2) is 0 Å². The van der Waals surface area contributed by atoms with E-state index in [0.29, 0.717) is 103 Å². The first-order chi connectivity index (χ1) is 58.9. The van der Waals surface area contributed by atoms with Crippen LogP contribution in [0, 0.1) is 113 Å². The highest BCUT2D eigenvalue weighted by Gasteiger charge is 2.35. The number of piperidine rings is 4. The van der Waals surface area contributed by atoms with Crippen LogP contribution in [-0.4, -0.2) is 204 Å². The van der Waals surface area contributed by atoms with Gasteiger partial charge in [0.25, 0.3) is 0 Å². The van der Waals surface area contributed by atoms with Crippen molar-refractivity contribution in [3.05, 3.63) is 0 Å². The van der Waals surface area contributed by atoms with Crippen LogP contribution in [0.25, 0.3) is 0 Å².